The number of alkyl halides is 1. The van der Waals surface area contributed by atoms with Gasteiger partial charge in [-0.2, -0.15) is 9.37 Å². The monoisotopic (exact) mass is 286 g/mol. The molecule has 0 aromatic carbocycles. The van der Waals surface area contributed by atoms with Crippen molar-refractivity contribution in [1.29, 1.82) is 0 Å². The third kappa shape index (κ3) is 1.59. The first-order chi connectivity index (χ1) is 9.49. The van der Waals surface area contributed by atoms with Crippen molar-refractivity contribution in [3.63, 3.8) is 0 Å². The van der Waals surface area contributed by atoms with E-state index in [4.69, 9.17) is 9.84 Å². The van der Waals surface area contributed by atoms with Crippen LogP contribution < -0.4 is 0 Å². The molecule has 4 atom stereocenters. The molecular weight excluding hydrogens is 275 g/mol. The van der Waals surface area contributed by atoms with E-state index in [1.165, 1.54) is 0 Å². The van der Waals surface area contributed by atoms with Gasteiger partial charge in [-0.25, -0.2) is 9.97 Å². The number of fused-ring (bicyclic) bond motifs is 1. The minimum atomic E-state index is -2.86. The second-order valence-electron chi connectivity index (χ2n) is 4.37. The zero-order chi connectivity index (χ0) is 14.5. The number of aromatic hydroxyl groups is 1. The van der Waals surface area contributed by atoms with Gasteiger partial charge in [-0.3, -0.25) is 4.57 Å². The van der Waals surface area contributed by atoms with E-state index < -0.39 is 36.8 Å². The Bertz CT molecular complexity index is 652. The van der Waals surface area contributed by atoms with Crippen molar-refractivity contribution >= 4 is 11.2 Å². The Balaban J connectivity index is 2.13. The van der Waals surface area contributed by atoms with Gasteiger partial charge in [0.1, 0.15) is 24.9 Å². The van der Waals surface area contributed by atoms with Gasteiger partial charge in [-0.05, 0) is 0 Å². The van der Waals surface area contributed by atoms with Crippen LogP contribution in [0, 0.1) is 0 Å². The molecular formula is C10H11FN4O5. The Morgan fingerprint density at radius 3 is 2.75 bits per heavy atom. The fourth-order valence-corrected chi connectivity index (χ4v) is 2.16. The fraction of sp³-hybridized carbons (Fsp3) is 0.500. The molecule has 2 aromatic rings. The number of hydrogen-bond donors (Lipinski definition) is 4. The van der Waals surface area contributed by atoms with E-state index in [2.05, 4.69) is 15.0 Å². The van der Waals surface area contributed by atoms with Gasteiger partial charge < -0.3 is 25.2 Å². The third-order valence-electron chi connectivity index (χ3n) is 3.21. The normalized spacial score (nSPS) is 33.9. The van der Waals surface area contributed by atoms with Crippen LogP contribution in [0.5, 0.6) is 5.88 Å². The highest BCUT2D eigenvalue weighted by molar-refractivity contribution is 5.75. The number of hydrogen-bond acceptors (Lipinski definition) is 8. The van der Waals surface area contributed by atoms with E-state index in [9.17, 15) is 19.7 Å². The first-order valence-corrected chi connectivity index (χ1v) is 5.70. The molecule has 20 heavy (non-hydrogen) atoms. The van der Waals surface area contributed by atoms with E-state index in [1.807, 2.05) is 0 Å². The lowest BCUT2D eigenvalue weighted by Crippen LogP contribution is -2.41. The predicted octanol–water partition coefficient (Wildman–Crippen LogP) is -1.78. The molecule has 0 saturated carbocycles. The van der Waals surface area contributed by atoms with Crippen molar-refractivity contribution in [2.45, 2.75) is 24.3 Å². The topological polar surface area (TPSA) is 134 Å². The average Bonchev–Trinajstić information content (AvgIpc) is 2.96. The van der Waals surface area contributed by atoms with Gasteiger partial charge >= 0.3 is 5.98 Å². The van der Waals surface area contributed by atoms with Gasteiger partial charge in [0.25, 0.3) is 0 Å². The molecule has 1 aliphatic heterocycles. The Hall–Kier alpha value is -1.88. The zero-order valence-corrected chi connectivity index (χ0v) is 9.96. The maximum absolute atomic E-state index is 14.9. The van der Waals surface area contributed by atoms with E-state index in [0.29, 0.717) is 0 Å². The van der Waals surface area contributed by atoms with Crippen LogP contribution in [0.4, 0.5) is 4.39 Å². The number of imidazole rings is 1. The van der Waals surface area contributed by atoms with Crippen LogP contribution in [0.25, 0.3) is 11.2 Å². The molecule has 4 N–H and O–H groups in total. The van der Waals surface area contributed by atoms with Gasteiger partial charge in [-0.1, -0.05) is 0 Å². The van der Waals surface area contributed by atoms with Crippen LogP contribution in [-0.4, -0.2) is 64.9 Å². The van der Waals surface area contributed by atoms with Gasteiger partial charge in [0.2, 0.25) is 5.88 Å². The first kappa shape index (κ1) is 13.1. The summed E-state index contributed by atoms with van der Waals surface area (Å²) in [6.45, 7) is -0.670. The Labute approximate surface area is 110 Å². The van der Waals surface area contributed by atoms with Crippen molar-refractivity contribution in [1.82, 2.24) is 19.5 Å². The van der Waals surface area contributed by atoms with E-state index in [0.717, 1.165) is 17.2 Å². The summed E-state index contributed by atoms with van der Waals surface area (Å²) in [5.74, 6) is -3.31. The molecule has 1 fully saturated rings. The van der Waals surface area contributed by atoms with Gasteiger partial charge in [0.05, 0.1) is 6.61 Å². The maximum Gasteiger partial charge on any atom is 0.325 e. The standard InChI is InChI=1S/C10H11FN4O5/c11-10(7(18)6(17)4(1-16)20-10)15-3-14-5-8(15)12-2-13-9(5)19/h2-4,6-7,16-18H,1H2,(H,12,13,19)/t4-,6-,7-,10+/m1/s1. The summed E-state index contributed by atoms with van der Waals surface area (Å²) < 4.78 is 20.5. The molecule has 108 valence electrons. The van der Waals surface area contributed by atoms with Gasteiger partial charge in [0.15, 0.2) is 17.3 Å². The van der Waals surface area contributed by atoms with E-state index >= 15 is 0 Å². The molecule has 0 aliphatic carbocycles. The Morgan fingerprint density at radius 1 is 1.35 bits per heavy atom. The van der Waals surface area contributed by atoms with Crippen LogP contribution in [0.3, 0.4) is 0 Å². The zero-order valence-electron chi connectivity index (χ0n) is 9.96. The smallest absolute Gasteiger partial charge is 0.325 e. The number of nitrogens with zero attached hydrogens (tertiary/aromatic N) is 4. The second kappa shape index (κ2) is 4.31. The lowest BCUT2D eigenvalue weighted by atomic mass is 10.1. The summed E-state index contributed by atoms with van der Waals surface area (Å²) in [7, 11) is 0. The third-order valence-corrected chi connectivity index (χ3v) is 3.21. The van der Waals surface area contributed by atoms with Crippen LogP contribution in [0.1, 0.15) is 0 Å². The summed E-state index contributed by atoms with van der Waals surface area (Å²) in [5.41, 5.74) is -0.202. The maximum atomic E-state index is 14.9. The number of halogens is 1. The highest BCUT2D eigenvalue weighted by Crippen LogP contribution is 2.38. The summed E-state index contributed by atoms with van der Waals surface area (Å²) in [6, 6.07) is 0. The predicted molar refractivity (Wildman–Crippen MR) is 60.0 cm³/mol. The molecule has 10 heteroatoms. The van der Waals surface area contributed by atoms with Crippen molar-refractivity contribution in [3.05, 3.63) is 12.7 Å². The van der Waals surface area contributed by atoms with Crippen molar-refractivity contribution < 1.29 is 29.6 Å². The Morgan fingerprint density at radius 2 is 2.10 bits per heavy atom. The molecule has 0 unspecified atom stereocenters. The largest absolute Gasteiger partial charge is 0.492 e. The fourth-order valence-electron chi connectivity index (χ4n) is 2.16. The average molecular weight is 286 g/mol. The Kier molecular flexibility index (Phi) is 2.83. The van der Waals surface area contributed by atoms with Gasteiger partial charge in [-0.15, -0.1) is 0 Å². The van der Waals surface area contributed by atoms with E-state index in [-0.39, 0.29) is 11.2 Å². The lowest BCUT2D eigenvalue weighted by Gasteiger charge is -2.24. The highest BCUT2D eigenvalue weighted by atomic mass is 19.2. The van der Waals surface area contributed by atoms with Gasteiger partial charge in [0, 0.05) is 0 Å². The molecule has 9 nitrogen and oxygen atoms in total. The van der Waals surface area contributed by atoms with Crippen LogP contribution >= 0.6 is 0 Å². The summed E-state index contributed by atoms with van der Waals surface area (Å²) >= 11 is 0. The molecule has 3 rings (SSSR count). The number of rotatable bonds is 2. The van der Waals surface area contributed by atoms with Crippen LogP contribution in [0.15, 0.2) is 12.7 Å². The molecule has 2 aromatic heterocycles. The minimum Gasteiger partial charge on any atom is -0.492 e. The SMILES string of the molecule is OC[C@H]1O[C@@](F)(n2cnc3c(O)ncnc32)[C@H](O)[C@@H]1O. The molecule has 1 saturated heterocycles. The summed E-state index contributed by atoms with van der Waals surface area (Å²) in [4.78, 5) is 11.0. The van der Waals surface area contributed by atoms with Crippen molar-refractivity contribution in [2.75, 3.05) is 6.61 Å². The second-order valence-corrected chi connectivity index (χ2v) is 4.37. The van der Waals surface area contributed by atoms with Crippen molar-refractivity contribution in [2.24, 2.45) is 0 Å². The number of aliphatic hydroxyl groups excluding tert-OH is 3. The molecule has 0 bridgehead atoms. The van der Waals surface area contributed by atoms with E-state index in [1.54, 1.807) is 0 Å². The number of ether oxygens (including phenoxy) is 1. The molecule has 0 radical (unpaired) electrons. The van der Waals surface area contributed by atoms with Crippen molar-refractivity contribution in [3.8, 4) is 5.88 Å². The minimum absolute atomic E-state index is 0.0812. The number of aliphatic hydroxyl groups is 3. The number of aromatic nitrogens is 4. The summed E-state index contributed by atoms with van der Waals surface area (Å²) in [6.07, 6.45) is -2.91. The van der Waals surface area contributed by atoms with Crippen LogP contribution in [-0.2, 0) is 10.7 Å². The molecule has 0 amide bonds. The highest BCUT2D eigenvalue weighted by Gasteiger charge is 2.57. The molecule has 0 spiro atoms. The molecule has 1 aliphatic rings. The quantitative estimate of drug-likeness (QED) is 0.509. The first-order valence-electron chi connectivity index (χ1n) is 5.70. The molecule has 3 heterocycles. The summed E-state index contributed by atoms with van der Waals surface area (Å²) in [5, 5.41) is 37.9. The lowest BCUT2D eigenvalue weighted by molar-refractivity contribution is -0.235. The van der Waals surface area contributed by atoms with Crippen LogP contribution in [0.2, 0.25) is 0 Å².